The van der Waals surface area contributed by atoms with Crippen molar-refractivity contribution >= 4 is 22.4 Å². The summed E-state index contributed by atoms with van der Waals surface area (Å²) in [5, 5.41) is 5.00. The lowest BCUT2D eigenvalue weighted by Gasteiger charge is -2.32. The number of rotatable bonds is 8. The lowest BCUT2D eigenvalue weighted by atomic mass is 9.94. The topological polar surface area (TPSA) is 64.8 Å². The van der Waals surface area contributed by atoms with Crippen LogP contribution in [0.25, 0.3) is 22.2 Å². The van der Waals surface area contributed by atoms with Crippen molar-refractivity contribution < 1.29 is 23.2 Å². The Hall–Kier alpha value is -3.87. The largest absolute Gasteiger partial charge is 0.492 e. The highest BCUT2D eigenvalue weighted by atomic mass is 19.1. The number of hydrogen-bond acceptors (Lipinski definition) is 6. The number of halogens is 1. The maximum Gasteiger partial charge on any atom is 0.196 e. The first-order valence-electron chi connectivity index (χ1n) is 12.4. The van der Waals surface area contributed by atoms with Gasteiger partial charge < -0.3 is 18.9 Å². The summed E-state index contributed by atoms with van der Waals surface area (Å²) in [7, 11) is 1.57. The highest BCUT2D eigenvalue weighted by Crippen LogP contribution is 2.49. The first-order chi connectivity index (χ1) is 17.6. The number of ketones is 1. The van der Waals surface area contributed by atoms with Crippen molar-refractivity contribution in [2.24, 2.45) is 0 Å². The van der Waals surface area contributed by atoms with Crippen LogP contribution in [0.15, 0.2) is 59.1 Å². The van der Waals surface area contributed by atoms with E-state index in [1.165, 1.54) is 12.1 Å². The van der Waals surface area contributed by atoms with Crippen LogP contribution in [0.3, 0.4) is 0 Å². The maximum absolute atomic E-state index is 13.9. The third kappa shape index (κ3) is 4.41. The predicted octanol–water partition coefficient (Wildman–Crippen LogP) is 6.65. The molecule has 1 saturated heterocycles. The van der Waals surface area contributed by atoms with Crippen LogP contribution in [0.2, 0.25) is 0 Å². The van der Waals surface area contributed by atoms with Crippen molar-refractivity contribution in [2.75, 3.05) is 31.7 Å². The fourth-order valence-electron chi connectivity index (χ4n) is 4.79. The molecule has 0 radical (unpaired) electrons. The Bertz CT molecular complexity index is 1380. The molecule has 0 aliphatic carbocycles. The van der Waals surface area contributed by atoms with Crippen LogP contribution < -0.4 is 14.4 Å². The summed E-state index contributed by atoms with van der Waals surface area (Å²) in [6.07, 6.45) is 4.01. The van der Waals surface area contributed by atoms with E-state index in [1.54, 1.807) is 25.3 Å². The van der Waals surface area contributed by atoms with Gasteiger partial charge in [-0.25, -0.2) is 4.39 Å². The number of ether oxygens (including phenoxy) is 2. The molecule has 3 aromatic carbocycles. The number of fused-ring (bicyclic) bond motifs is 1. The van der Waals surface area contributed by atoms with E-state index in [9.17, 15) is 9.18 Å². The van der Waals surface area contributed by atoms with E-state index in [1.807, 2.05) is 31.2 Å². The standard InChI is InChI=1S/C29H29FN2O4/c1-3-16-35-28-22(27(33)19-10-6-4-7-11-19)18-23(32-14-8-5-9-15-32)25(29(28)34-2)26-21-13-12-20(30)17-24(21)36-31-26/h4,6-7,10-13,17-18H,3,5,8-9,14-16H2,1-2H3. The van der Waals surface area contributed by atoms with Crippen molar-refractivity contribution in [3.63, 3.8) is 0 Å². The predicted molar refractivity (Wildman–Crippen MR) is 138 cm³/mol. The number of carbonyl (C=O) groups excluding carboxylic acids is 1. The van der Waals surface area contributed by atoms with Gasteiger partial charge in [0.25, 0.3) is 0 Å². The first kappa shape index (κ1) is 23.9. The Morgan fingerprint density at radius 2 is 1.83 bits per heavy atom. The SMILES string of the molecule is CCCOc1c(C(=O)c2ccccc2)cc(N2CCCCC2)c(-c2noc3cc(F)ccc23)c1OC. The Kier molecular flexibility index (Phi) is 6.89. The van der Waals surface area contributed by atoms with Crippen molar-refractivity contribution in [1.82, 2.24) is 5.16 Å². The van der Waals surface area contributed by atoms with E-state index >= 15 is 0 Å². The molecule has 0 unspecified atom stereocenters. The number of hydrogen-bond donors (Lipinski definition) is 0. The van der Waals surface area contributed by atoms with Gasteiger partial charge in [-0.3, -0.25) is 4.79 Å². The molecule has 186 valence electrons. The molecule has 0 amide bonds. The molecule has 0 bridgehead atoms. The number of aromatic nitrogens is 1. The summed E-state index contributed by atoms with van der Waals surface area (Å²) in [5.74, 6) is 0.258. The summed E-state index contributed by atoms with van der Waals surface area (Å²) in [4.78, 5) is 16.0. The van der Waals surface area contributed by atoms with Crippen LogP contribution >= 0.6 is 0 Å². The molecular formula is C29H29FN2O4. The Morgan fingerprint density at radius 1 is 1.06 bits per heavy atom. The molecule has 0 saturated carbocycles. The average molecular weight is 489 g/mol. The van der Waals surface area contributed by atoms with Crippen LogP contribution in [0.1, 0.15) is 48.5 Å². The van der Waals surface area contributed by atoms with Crippen LogP contribution in [-0.4, -0.2) is 37.7 Å². The summed E-state index contributed by atoms with van der Waals surface area (Å²) in [6.45, 7) is 4.11. The van der Waals surface area contributed by atoms with E-state index in [0.717, 1.165) is 44.5 Å². The summed E-state index contributed by atoms with van der Waals surface area (Å²) in [6, 6.07) is 15.4. The molecule has 7 heteroatoms. The second kappa shape index (κ2) is 10.4. The maximum atomic E-state index is 13.9. The van der Waals surface area contributed by atoms with Gasteiger partial charge in [0.15, 0.2) is 22.9 Å². The second-order valence-electron chi connectivity index (χ2n) is 8.94. The van der Waals surface area contributed by atoms with Gasteiger partial charge in [-0.15, -0.1) is 0 Å². The zero-order valence-electron chi connectivity index (χ0n) is 20.6. The number of anilines is 1. The number of piperidine rings is 1. The van der Waals surface area contributed by atoms with Gasteiger partial charge in [-0.05, 0) is 43.9 Å². The zero-order chi connectivity index (χ0) is 25.1. The fourth-order valence-corrected chi connectivity index (χ4v) is 4.79. The molecule has 0 N–H and O–H groups in total. The minimum atomic E-state index is -0.399. The minimum absolute atomic E-state index is 0.142. The Balaban J connectivity index is 1.80. The second-order valence-corrected chi connectivity index (χ2v) is 8.94. The highest BCUT2D eigenvalue weighted by Gasteiger charge is 2.31. The summed E-state index contributed by atoms with van der Waals surface area (Å²) < 4.78 is 31.6. The molecule has 0 spiro atoms. The molecule has 0 atom stereocenters. The Morgan fingerprint density at radius 3 is 2.56 bits per heavy atom. The quantitative estimate of drug-likeness (QED) is 0.259. The van der Waals surface area contributed by atoms with E-state index in [4.69, 9.17) is 14.0 Å². The molecule has 5 rings (SSSR count). The van der Waals surface area contributed by atoms with Crippen molar-refractivity contribution in [3.05, 3.63) is 71.5 Å². The third-order valence-corrected chi connectivity index (χ3v) is 6.52. The fraction of sp³-hybridized carbons (Fsp3) is 0.310. The molecule has 6 nitrogen and oxygen atoms in total. The van der Waals surface area contributed by atoms with E-state index < -0.39 is 5.82 Å². The summed E-state index contributed by atoms with van der Waals surface area (Å²) in [5.41, 5.74) is 3.39. The molecule has 36 heavy (non-hydrogen) atoms. The Labute approximate surface area is 209 Å². The van der Waals surface area contributed by atoms with Gasteiger partial charge in [0, 0.05) is 24.7 Å². The van der Waals surface area contributed by atoms with E-state index in [-0.39, 0.29) is 5.78 Å². The number of carbonyl (C=O) groups is 1. The summed E-state index contributed by atoms with van der Waals surface area (Å²) >= 11 is 0. The van der Waals surface area contributed by atoms with Gasteiger partial charge in [-0.2, -0.15) is 0 Å². The van der Waals surface area contributed by atoms with Crippen molar-refractivity contribution in [3.8, 4) is 22.8 Å². The monoisotopic (exact) mass is 488 g/mol. The molecule has 1 aliphatic rings. The number of benzene rings is 3. The van der Waals surface area contributed by atoms with Crippen LogP contribution in [0.4, 0.5) is 10.1 Å². The molecule has 4 aromatic rings. The van der Waals surface area contributed by atoms with E-state index in [2.05, 4.69) is 10.1 Å². The van der Waals surface area contributed by atoms with Crippen LogP contribution in [-0.2, 0) is 0 Å². The van der Waals surface area contributed by atoms with Gasteiger partial charge in [0.1, 0.15) is 11.5 Å². The number of nitrogens with zero attached hydrogens (tertiary/aromatic N) is 2. The molecular weight excluding hydrogens is 459 g/mol. The van der Waals surface area contributed by atoms with Gasteiger partial charge >= 0.3 is 0 Å². The van der Waals surface area contributed by atoms with E-state index in [0.29, 0.717) is 51.5 Å². The normalized spacial score (nSPS) is 13.7. The van der Waals surface area contributed by atoms with Crippen LogP contribution in [0.5, 0.6) is 11.5 Å². The molecule has 2 heterocycles. The van der Waals surface area contributed by atoms with Crippen molar-refractivity contribution in [1.29, 1.82) is 0 Å². The van der Waals surface area contributed by atoms with Gasteiger partial charge in [-0.1, -0.05) is 42.4 Å². The lowest BCUT2D eigenvalue weighted by Crippen LogP contribution is -2.30. The van der Waals surface area contributed by atoms with Crippen molar-refractivity contribution in [2.45, 2.75) is 32.6 Å². The minimum Gasteiger partial charge on any atom is -0.492 e. The molecule has 1 aromatic heterocycles. The average Bonchev–Trinajstić information content (AvgIpc) is 3.34. The lowest BCUT2D eigenvalue weighted by molar-refractivity contribution is 0.103. The molecule has 1 fully saturated rings. The zero-order valence-corrected chi connectivity index (χ0v) is 20.6. The molecule has 1 aliphatic heterocycles. The highest BCUT2D eigenvalue weighted by molar-refractivity contribution is 6.13. The smallest absolute Gasteiger partial charge is 0.196 e. The number of methoxy groups -OCH3 is 1. The van der Waals surface area contributed by atoms with Gasteiger partial charge in [0.2, 0.25) is 0 Å². The van der Waals surface area contributed by atoms with Crippen LogP contribution in [0, 0.1) is 5.82 Å². The van der Waals surface area contributed by atoms with Gasteiger partial charge in [0.05, 0.1) is 35.9 Å². The first-order valence-corrected chi connectivity index (χ1v) is 12.4. The third-order valence-electron chi connectivity index (χ3n) is 6.52.